The molecule has 0 saturated carbocycles. The summed E-state index contributed by atoms with van der Waals surface area (Å²) in [6, 6.07) is 14.0. The highest BCUT2D eigenvalue weighted by atomic mass is 16.5. The highest BCUT2D eigenvalue weighted by Gasteiger charge is 2.21. The number of nitrogens with zero attached hydrogens (tertiary/aromatic N) is 8. The van der Waals surface area contributed by atoms with Gasteiger partial charge in [-0.15, -0.1) is 10.2 Å². The Morgan fingerprint density at radius 2 is 1.61 bits per heavy atom. The zero-order valence-electron chi connectivity index (χ0n) is 17.6. The second-order valence-corrected chi connectivity index (χ2v) is 7.79. The number of aromatic nitrogens is 6. The highest BCUT2D eigenvalue weighted by Crippen LogP contribution is 2.18. The fraction of sp³-hybridized carbons (Fsp3) is 0.318. The number of hydrogen-bond donors (Lipinski definition) is 0. The van der Waals surface area contributed by atoms with Crippen molar-refractivity contribution in [3.63, 3.8) is 0 Å². The topological polar surface area (TPSA) is 89.0 Å². The Bertz CT molecular complexity index is 1140. The summed E-state index contributed by atoms with van der Waals surface area (Å²) < 4.78 is 7.21. The first-order chi connectivity index (χ1) is 15.1. The highest BCUT2D eigenvalue weighted by molar-refractivity contribution is 5.54. The van der Waals surface area contributed by atoms with Crippen LogP contribution in [0.3, 0.4) is 0 Å². The summed E-state index contributed by atoms with van der Waals surface area (Å²) >= 11 is 0. The molecule has 0 bridgehead atoms. The minimum absolute atomic E-state index is 0.636. The molecule has 5 rings (SSSR count). The van der Waals surface area contributed by atoms with Crippen LogP contribution in [0.4, 0.5) is 5.82 Å². The van der Waals surface area contributed by atoms with E-state index in [1.165, 1.54) is 5.56 Å². The second kappa shape index (κ2) is 8.27. The average Bonchev–Trinajstić information content (AvgIpc) is 3.44. The van der Waals surface area contributed by atoms with Crippen molar-refractivity contribution in [1.29, 1.82) is 0 Å². The Balaban J connectivity index is 1.17. The predicted molar refractivity (Wildman–Crippen MR) is 116 cm³/mol. The molecule has 0 radical (unpaired) electrons. The van der Waals surface area contributed by atoms with Crippen LogP contribution in [0.5, 0.6) is 0 Å². The Morgan fingerprint density at radius 1 is 0.871 bits per heavy atom. The summed E-state index contributed by atoms with van der Waals surface area (Å²) in [5, 5.41) is 17.2. The summed E-state index contributed by atoms with van der Waals surface area (Å²) in [4.78, 5) is 9.12. The monoisotopic (exact) mass is 416 g/mol. The molecule has 0 aliphatic carbocycles. The molecule has 0 unspecified atom stereocenters. The van der Waals surface area contributed by atoms with Crippen LogP contribution in [0.1, 0.15) is 17.1 Å². The minimum atomic E-state index is 0.636. The summed E-state index contributed by atoms with van der Waals surface area (Å²) in [7, 11) is 0. The van der Waals surface area contributed by atoms with Gasteiger partial charge in [0.2, 0.25) is 11.7 Å². The lowest BCUT2D eigenvalue weighted by Gasteiger charge is -2.34. The Hall–Kier alpha value is -3.59. The Kier molecular flexibility index (Phi) is 5.17. The molecule has 4 aromatic rings. The fourth-order valence-electron chi connectivity index (χ4n) is 3.62. The first kappa shape index (κ1) is 19.4. The van der Waals surface area contributed by atoms with Crippen molar-refractivity contribution in [2.75, 3.05) is 31.1 Å². The van der Waals surface area contributed by atoms with E-state index < -0.39 is 0 Å². The molecule has 3 aromatic heterocycles. The zero-order chi connectivity index (χ0) is 21.2. The van der Waals surface area contributed by atoms with Crippen LogP contribution >= 0.6 is 0 Å². The summed E-state index contributed by atoms with van der Waals surface area (Å²) in [5.74, 6) is 2.88. The van der Waals surface area contributed by atoms with Crippen LogP contribution in [0, 0.1) is 13.8 Å². The van der Waals surface area contributed by atoms with Crippen molar-refractivity contribution < 1.29 is 4.52 Å². The van der Waals surface area contributed by atoms with Crippen LogP contribution in [-0.4, -0.2) is 61.2 Å². The lowest BCUT2D eigenvalue weighted by Crippen LogP contribution is -2.46. The van der Waals surface area contributed by atoms with Gasteiger partial charge < -0.3 is 9.42 Å². The van der Waals surface area contributed by atoms with Gasteiger partial charge >= 0.3 is 0 Å². The normalized spacial score (nSPS) is 14.8. The van der Waals surface area contributed by atoms with Gasteiger partial charge in [0.1, 0.15) is 0 Å². The van der Waals surface area contributed by atoms with E-state index in [0.29, 0.717) is 18.3 Å². The molecule has 0 N–H and O–H groups in total. The minimum Gasteiger partial charge on any atom is -0.353 e. The molecule has 4 heterocycles. The first-order valence-corrected chi connectivity index (χ1v) is 10.4. The van der Waals surface area contributed by atoms with Gasteiger partial charge in [0, 0.05) is 37.9 Å². The maximum Gasteiger partial charge on any atom is 0.241 e. The van der Waals surface area contributed by atoms with Crippen molar-refractivity contribution in [2.45, 2.75) is 20.4 Å². The molecule has 0 amide bonds. The van der Waals surface area contributed by atoms with Crippen molar-refractivity contribution in [2.24, 2.45) is 0 Å². The van der Waals surface area contributed by atoms with E-state index in [9.17, 15) is 0 Å². The summed E-state index contributed by atoms with van der Waals surface area (Å²) in [6.07, 6.45) is 1.89. The lowest BCUT2D eigenvalue weighted by atomic mass is 10.1. The van der Waals surface area contributed by atoms with Crippen molar-refractivity contribution >= 4 is 5.82 Å². The van der Waals surface area contributed by atoms with Gasteiger partial charge in [-0.1, -0.05) is 35.0 Å². The van der Waals surface area contributed by atoms with Gasteiger partial charge in [-0.05, 0) is 32.0 Å². The van der Waals surface area contributed by atoms with E-state index in [1.54, 1.807) is 4.68 Å². The van der Waals surface area contributed by atoms with E-state index in [2.05, 4.69) is 54.3 Å². The van der Waals surface area contributed by atoms with E-state index in [-0.39, 0.29) is 0 Å². The molecule has 1 fully saturated rings. The van der Waals surface area contributed by atoms with Crippen molar-refractivity contribution in [3.05, 3.63) is 65.8 Å². The molecule has 1 aliphatic heterocycles. The number of anilines is 1. The van der Waals surface area contributed by atoms with E-state index >= 15 is 0 Å². The molecular formula is C22H24N8O. The van der Waals surface area contributed by atoms with Crippen molar-refractivity contribution in [3.8, 4) is 17.2 Å². The predicted octanol–water partition coefficient (Wildman–Crippen LogP) is 2.65. The molecule has 31 heavy (non-hydrogen) atoms. The lowest BCUT2D eigenvalue weighted by molar-refractivity contribution is 0.215. The van der Waals surface area contributed by atoms with E-state index in [1.807, 2.05) is 43.5 Å². The van der Waals surface area contributed by atoms with Crippen LogP contribution in [0.15, 0.2) is 53.2 Å². The molecule has 9 heteroatoms. The molecule has 0 spiro atoms. The third-order valence-electron chi connectivity index (χ3n) is 5.43. The average molecular weight is 416 g/mol. The molecule has 9 nitrogen and oxygen atoms in total. The van der Waals surface area contributed by atoms with Gasteiger partial charge in [-0.2, -0.15) is 10.1 Å². The zero-order valence-corrected chi connectivity index (χ0v) is 17.6. The first-order valence-electron chi connectivity index (χ1n) is 10.4. The molecular weight excluding hydrogens is 392 g/mol. The van der Waals surface area contributed by atoms with Gasteiger partial charge in [0.25, 0.3) is 0 Å². The van der Waals surface area contributed by atoms with Gasteiger partial charge in [0.05, 0.1) is 12.2 Å². The number of hydrogen-bond acceptors (Lipinski definition) is 8. The molecule has 0 atom stereocenters. The summed E-state index contributed by atoms with van der Waals surface area (Å²) in [6.45, 7) is 8.19. The number of piperazine rings is 1. The van der Waals surface area contributed by atoms with Gasteiger partial charge in [-0.25, -0.2) is 4.68 Å². The van der Waals surface area contributed by atoms with Crippen LogP contribution in [-0.2, 0) is 6.54 Å². The SMILES string of the molecule is Cc1ccc(-c2noc(CN3CCN(c4ccc(-n5ccc(C)n5)nn4)CC3)n2)cc1. The van der Waals surface area contributed by atoms with Crippen LogP contribution in [0.2, 0.25) is 0 Å². The fourth-order valence-corrected chi connectivity index (χ4v) is 3.62. The molecule has 158 valence electrons. The second-order valence-electron chi connectivity index (χ2n) is 7.79. The molecule has 1 aromatic carbocycles. The standard InChI is InChI=1S/C22H24N8O/c1-16-3-5-18(6-4-16)22-23-21(31-27-22)15-28-11-13-29(14-12-28)19-7-8-20(25-24-19)30-10-9-17(2)26-30/h3-10H,11-15H2,1-2H3. The number of benzene rings is 1. The van der Waals surface area contributed by atoms with Gasteiger partial charge in [-0.3, -0.25) is 4.90 Å². The van der Waals surface area contributed by atoms with Gasteiger partial charge in [0.15, 0.2) is 11.6 Å². The van der Waals surface area contributed by atoms with Crippen LogP contribution < -0.4 is 4.90 Å². The third kappa shape index (κ3) is 4.31. The quantitative estimate of drug-likeness (QED) is 0.491. The van der Waals surface area contributed by atoms with Crippen molar-refractivity contribution in [1.82, 2.24) is 35.0 Å². The Labute approximate surface area is 180 Å². The maximum absolute atomic E-state index is 5.47. The number of aryl methyl sites for hydroxylation is 2. The molecule has 1 saturated heterocycles. The largest absolute Gasteiger partial charge is 0.353 e. The number of rotatable bonds is 5. The van der Waals surface area contributed by atoms with E-state index in [0.717, 1.165) is 49.1 Å². The van der Waals surface area contributed by atoms with E-state index in [4.69, 9.17) is 4.52 Å². The summed E-state index contributed by atoms with van der Waals surface area (Å²) in [5.41, 5.74) is 3.13. The maximum atomic E-state index is 5.47. The molecule has 1 aliphatic rings. The Morgan fingerprint density at radius 3 is 2.29 bits per heavy atom. The smallest absolute Gasteiger partial charge is 0.241 e. The third-order valence-corrected chi connectivity index (χ3v) is 5.43. The van der Waals surface area contributed by atoms with Crippen LogP contribution in [0.25, 0.3) is 17.2 Å².